The number of hydrogen-bond donors (Lipinski definition) is 7. The molecule has 3 aliphatic heterocycles. The van der Waals surface area contributed by atoms with Gasteiger partial charge in [-0.1, -0.05) is 51.1 Å². The number of nitrogens with zero attached hydrogens (tertiary/aromatic N) is 1. The number of phenols is 3. The third-order valence-electron chi connectivity index (χ3n) is 10.5. The normalized spacial score (nSPS) is 31.0. The molecule has 2 aromatic carbocycles. The van der Waals surface area contributed by atoms with Gasteiger partial charge >= 0.3 is 11.8 Å². The van der Waals surface area contributed by atoms with Gasteiger partial charge in [-0.25, -0.2) is 0 Å². The molecule has 9 unspecified atom stereocenters. The van der Waals surface area contributed by atoms with E-state index in [2.05, 4.69) is 10.5 Å². The lowest BCUT2D eigenvalue weighted by molar-refractivity contribution is -0.160. The van der Waals surface area contributed by atoms with Gasteiger partial charge in [-0.05, 0) is 19.9 Å². The second-order valence-corrected chi connectivity index (χ2v) is 14.4. The second-order valence-electron chi connectivity index (χ2n) is 14.4. The number of ether oxygens (including phenoxy) is 4. The molecule has 3 heterocycles. The van der Waals surface area contributed by atoms with Crippen LogP contribution in [-0.2, 0) is 28.6 Å². The number of allylic oxidation sites excluding steroid dienone is 2. The third kappa shape index (κ3) is 8.48. The van der Waals surface area contributed by atoms with Crippen LogP contribution in [0.2, 0.25) is 0 Å². The average Bonchev–Trinajstić information content (AvgIpc) is 3.42. The molecule has 0 fully saturated rings. The number of hydrogen-bond acceptors (Lipinski definition) is 15. The minimum Gasteiger partial charge on any atom is -0.507 e. The van der Waals surface area contributed by atoms with E-state index in [-0.39, 0.29) is 45.4 Å². The Kier molecular flexibility index (Phi) is 13.8. The number of aliphatic hydroxyl groups is 3. The van der Waals surface area contributed by atoms with Gasteiger partial charge in [-0.3, -0.25) is 14.4 Å². The van der Waals surface area contributed by atoms with Crippen molar-refractivity contribution in [2.24, 2.45) is 28.8 Å². The van der Waals surface area contributed by atoms with E-state index in [1.807, 2.05) is 0 Å². The molecular weight excluding hydrogens is 732 g/mol. The Labute approximate surface area is 324 Å². The van der Waals surface area contributed by atoms with E-state index in [1.54, 1.807) is 33.8 Å². The fourth-order valence-electron chi connectivity index (χ4n) is 7.06. The van der Waals surface area contributed by atoms with Gasteiger partial charge in [0.2, 0.25) is 0 Å². The summed E-state index contributed by atoms with van der Waals surface area (Å²) in [6.45, 7) is 11.7. The summed E-state index contributed by atoms with van der Waals surface area (Å²) in [5.74, 6) is -8.94. The molecule has 0 radical (unpaired) electrons. The first-order valence-electron chi connectivity index (χ1n) is 18.2. The lowest BCUT2D eigenvalue weighted by atomic mass is 9.78. The molecule has 1 amide bonds. The van der Waals surface area contributed by atoms with Gasteiger partial charge in [0.05, 0.1) is 59.6 Å². The topological polar surface area (TPSA) is 243 Å². The lowest BCUT2D eigenvalue weighted by Gasteiger charge is -2.38. The van der Waals surface area contributed by atoms with Crippen LogP contribution in [0.1, 0.15) is 70.0 Å². The maximum Gasteiger partial charge on any atom is 0.312 e. The number of ketones is 1. The van der Waals surface area contributed by atoms with E-state index in [9.17, 15) is 39.9 Å². The summed E-state index contributed by atoms with van der Waals surface area (Å²) in [7, 11) is 1.41. The number of phenolic OH excluding ortho intramolecular Hbond substituents is 3. The Morgan fingerprint density at radius 3 is 2.29 bits per heavy atom. The van der Waals surface area contributed by atoms with E-state index in [4.69, 9.17) is 28.9 Å². The fourth-order valence-corrected chi connectivity index (χ4v) is 7.06. The minimum absolute atomic E-state index is 0.00857. The smallest absolute Gasteiger partial charge is 0.312 e. The summed E-state index contributed by atoms with van der Waals surface area (Å²) in [4.78, 5) is 45.0. The number of esters is 1. The number of aromatic hydroxyl groups is 3. The number of nitrogens with one attached hydrogen (secondary N) is 1. The van der Waals surface area contributed by atoms with Gasteiger partial charge in [-0.2, -0.15) is 0 Å². The zero-order valence-corrected chi connectivity index (χ0v) is 32.9. The predicted octanol–water partition coefficient (Wildman–Crippen LogP) is 4.10. The van der Waals surface area contributed by atoms with E-state index < -0.39 is 101 Å². The Morgan fingerprint density at radius 1 is 0.982 bits per heavy atom. The van der Waals surface area contributed by atoms with Gasteiger partial charge < -0.3 is 59.7 Å². The van der Waals surface area contributed by atoms with Crippen LogP contribution in [-0.4, -0.2) is 105 Å². The number of oxime groups is 1. The number of carbonyl (C=O) groups is 3. The molecule has 16 heteroatoms. The van der Waals surface area contributed by atoms with E-state index in [0.717, 1.165) is 12.5 Å². The van der Waals surface area contributed by atoms with Crippen molar-refractivity contribution >= 4 is 40.3 Å². The molecule has 56 heavy (non-hydrogen) atoms. The van der Waals surface area contributed by atoms with Crippen LogP contribution >= 0.6 is 0 Å². The number of amides is 1. The van der Waals surface area contributed by atoms with Gasteiger partial charge in [0.15, 0.2) is 5.75 Å². The highest BCUT2D eigenvalue weighted by atomic mass is 16.7. The molecule has 0 aromatic heterocycles. The zero-order chi connectivity index (χ0) is 41.8. The summed E-state index contributed by atoms with van der Waals surface area (Å²) in [6, 6.07) is 0. The van der Waals surface area contributed by atoms with Crippen molar-refractivity contribution in [3.63, 3.8) is 0 Å². The van der Waals surface area contributed by atoms with Gasteiger partial charge in [-0.15, -0.1) is 0 Å². The zero-order valence-electron chi connectivity index (χ0n) is 32.9. The number of fused-ring (bicyclic) bond motifs is 14. The van der Waals surface area contributed by atoms with Crippen molar-refractivity contribution in [1.29, 1.82) is 0 Å². The number of benzene rings is 2. The number of aliphatic hydroxyl groups excluding tert-OH is 3. The van der Waals surface area contributed by atoms with Gasteiger partial charge in [0.25, 0.3) is 11.7 Å². The van der Waals surface area contributed by atoms with E-state index in [0.29, 0.717) is 0 Å². The van der Waals surface area contributed by atoms with Crippen LogP contribution in [0, 0.1) is 30.6 Å². The molecule has 0 aliphatic carbocycles. The van der Waals surface area contributed by atoms with Crippen LogP contribution in [0.5, 0.6) is 23.0 Å². The summed E-state index contributed by atoms with van der Waals surface area (Å²) in [6.07, 6.45) is 4.24. The van der Waals surface area contributed by atoms with Crippen LogP contribution in [0.15, 0.2) is 41.3 Å². The number of Topliss-reactive ketones (excluding diaryl/α,β-unsaturated/α-hetero) is 1. The molecule has 0 saturated carbocycles. The average molecular weight is 785 g/mol. The highest BCUT2D eigenvalue weighted by Crippen LogP contribution is 2.55. The predicted molar refractivity (Wildman–Crippen MR) is 204 cm³/mol. The Bertz CT molecular complexity index is 1950. The number of rotatable bonds is 6. The molecular formula is C40H52N2O14. The first-order chi connectivity index (χ1) is 26.3. The van der Waals surface area contributed by atoms with Crippen molar-refractivity contribution in [2.45, 2.75) is 85.6 Å². The quantitative estimate of drug-likeness (QED) is 0.0545. The largest absolute Gasteiger partial charge is 0.507 e. The SMILES string of the molecule is COC1/C=C\OC2(C)Oc3c(C)c(O)c4c(O)c(c(/C=N\OCCO)c(O)c4c3C2=O)NC(=O)/C(C)=C\C=C/C(C)C(O)C(C)C(O)C(C)C(OC(C)=O)C1C. The van der Waals surface area contributed by atoms with Crippen molar-refractivity contribution in [2.75, 3.05) is 25.6 Å². The molecule has 3 aliphatic rings. The standard InChI is InChI=1S/C40H52N2O14/c1-18-11-10-12-19(2)39(51)42-30-25(17-41-54-16-14-43)34(48)27-28(35(30)49)33(47)23(6)37-29(27)38(50)40(8,56-37)53-15-13-26(52-9)20(3)36(55-24(7)44)22(5)32(46)21(4)31(18)45/h10-13,15,17-18,20-22,26,31-32,36,43,45-49H,14,16H2,1-9H3,(H,42,51)/b11-10-,15-13-,19-12-,41-17-. The van der Waals surface area contributed by atoms with Crippen LogP contribution in [0.25, 0.3) is 10.8 Å². The molecule has 5 rings (SSSR count). The maximum atomic E-state index is 14.2. The highest BCUT2D eigenvalue weighted by Gasteiger charge is 2.50. The van der Waals surface area contributed by atoms with E-state index >= 15 is 0 Å². The van der Waals surface area contributed by atoms with Crippen molar-refractivity contribution in [3.8, 4) is 23.0 Å². The molecule has 2 aromatic rings. The Morgan fingerprint density at radius 2 is 1.66 bits per heavy atom. The van der Waals surface area contributed by atoms with Gasteiger partial charge in [0.1, 0.15) is 30.0 Å². The number of carbonyl (C=O) groups excluding carboxylic acids is 3. The van der Waals surface area contributed by atoms with Crippen LogP contribution in [0.4, 0.5) is 5.69 Å². The first kappa shape index (κ1) is 43.6. The maximum absolute atomic E-state index is 14.2. The Hall–Kier alpha value is -5.16. The molecule has 9 atom stereocenters. The lowest BCUT2D eigenvalue weighted by Crippen LogP contribution is -2.46. The Balaban J connectivity index is 1.97. The molecule has 306 valence electrons. The summed E-state index contributed by atoms with van der Waals surface area (Å²) < 4.78 is 23.4. The van der Waals surface area contributed by atoms with E-state index in [1.165, 1.54) is 53.0 Å². The number of anilines is 1. The van der Waals surface area contributed by atoms with Crippen molar-refractivity contribution < 1.29 is 68.8 Å². The summed E-state index contributed by atoms with van der Waals surface area (Å²) in [5, 5.41) is 72.3. The molecule has 0 saturated heterocycles. The summed E-state index contributed by atoms with van der Waals surface area (Å²) in [5.41, 5.74) is -0.836. The molecule has 5 bridgehead atoms. The monoisotopic (exact) mass is 784 g/mol. The molecule has 7 N–H and O–H groups in total. The van der Waals surface area contributed by atoms with Crippen molar-refractivity contribution in [3.05, 3.63) is 52.8 Å². The third-order valence-corrected chi connectivity index (χ3v) is 10.5. The van der Waals surface area contributed by atoms with Gasteiger partial charge in [0, 0.05) is 61.2 Å². The number of methoxy groups -OCH3 is 1. The highest BCUT2D eigenvalue weighted by molar-refractivity contribution is 6.23. The fraction of sp³-hybridized carbons (Fsp3) is 0.500. The minimum atomic E-state index is -2.08. The first-order valence-corrected chi connectivity index (χ1v) is 18.2. The second kappa shape index (κ2) is 17.7. The molecule has 0 spiro atoms. The summed E-state index contributed by atoms with van der Waals surface area (Å²) >= 11 is 0. The molecule has 16 nitrogen and oxygen atoms in total. The van der Waals surface area contributed by atoms with Crippen molar-refractivity contribution in [1.82, 2.24) is 0 Å². The van der Waals surface area contributed by atoms with Crippen LogP contribution < -0.4 is 10.1 Å². The van der Waals surface area contributed by atoms with Crippen LogP contribution in [0.3, 0.4) is 0 Å².